The Balaban J connectivity index is 1.85. The van der Waals surface area contributed by atoms with Gasteiger partial charge in [-0.05, 0) is 63.2 Å². The largest absolute Gasteiger partial charge is 0.316 e. The van der Waals surface area contributed by atoms with E-state index in [0.29, 0.717) is 5.41 Å². The van der Waals surface area contributed by atoms with Crippen LogP contribution in [-0.2, 0) is 0 Å². The molecule has 2 aliphatic rings. The highest BCUT2D eigenvalue weighted by molar-refractivity contribution is 4.85. The molecule has 0 aliphatic carbocycles. The molecule has 17 heavy (non-hydrogen) atoms. The molecule has 2 saturated heterocycles. The Morgan fingerprint density at radius 3 is 2.35 bits per heavy atom. The zero-order valence-electron chi connectivity index (χ0n) is 11.8. The first-order valence-corrected chi connectivity index (χ1v) is 7.61. The first kappa shape index (κ1) is 13.4. The summed E-state index contributed by atoms with van der Waals surface area (Å²) in [5, 5.41) is 3.57. The van der Waals surface area contributed by atoms with Crippen molar-refractivity contribution in [1.82, 2.24) is 10.2 Å². The molecule has 1 unspecified atom stereocenters. The smallest absolute Gasteiger partial charge is 0.00358 e. The summed E-state index contributed by atoms with van der Waals surface area (Å²) in [6.45, 7) is 11.4. The summed E-state index contributed by atoms with van der Waals surface area (Å²) in [5.41, 5.74) is 0.484. The summed E-state index contributed by atoms with van der Waals surface area (Å²) < 4.78 is 0. The Kier molecular flexibility index (Phi) is 4.87. The van der Waals surface area contributed by atoms with Crippen molar-refractivity contribution >= 4 is 0 Å². The molecule has 0 aromatic heterocycles. The number of likely N-dealkylation sites (tertiary alicyclic amines) is 1. The number of hydrogen-bond donors (Lipinski definition) is 1. The molecule has 2 heterocycles. The van der Waals surface area contributed by atoms with Gasteiger partial charge in [-0.25, -0.2) is 0 Å². The third-order valence-corrected chi connectivity index (χ3v) is 4.73. The fourth-order valence-corrected chi connectivity index (χ4v) is 3.52. The van der Waals surface area contributed by atoms with Crippen LogP contribution in [0.2, 0.25) is 0 Å². The maximum absolute atomic E-state index is 3.57. The first-order chi connectivity index (χ1) is 8.18. The standard InChI is InChI=1S/C15H30N2/c1-15(2,14-8-7-9-16-12-14)13-17-10-5-3-4-6-11-17/h14,16H,3-13H2,1-2H3. The minimum atomic E-state index is 0.484. The van der Waals surface area contributed by atoms with Crippen LogP contribution < -0.4 is 5.32 Å². The molecular weight excluding hydrogens is 208 g/mol. The van der Waals surface area contributed by atoms with Crippen molar-refractivity contribution in [3.05, 3.63) is 0 Å². The van der Waals surface area contributed by atoms with Crippen LogP contribution in [0, 0.1) is 11.3 Å². The van der Waals surface area contributed by atoms with E-state index >= 15 is 0 Å². The van der Waals surface area contributed by atoms with Gasteiger partial charge in [0.15, 0.2) is 0 Å². The molecule has 2 heteroatoms. The molecule has 0 amide bonds. The molecule has 2 nitrogen and oxygen atoms in total. The third kappa shape index (κ3) is 3.96. The van der Waals surface area contributed by atoms with Gasteiger partial charge in [0.1, 0.15) is 0 Å². The molecule has 0 aromatic carbocycles. The van der Waals surface area contributed by atoms with Crippen LogP contribution in [0.3, 0.4) is 0 Å². The molecule has 0 radical (unpaired) electrons. The van der Waals surface area contributed by atoms with E-state index in [4.69, 9.17) is 0 Å². The second kappa shape index (κ2) is 6.19. The molecule has 0 saturated carbocycles. The van der Waals surface area contributed by atoms with Gasteiger partial charge in [-0.1, -0.05) is 26.7 Å². The quantitative estimate of drug-likeness (QED) is 0.813. The summed E-state index contributed by atoms with van der Waals surface area (Å²) in [5.74, 6) is 0.875. The van der Waals surface area contributed by atoms with Gasteiger partial charge in [-0.3, -0.25) is 0 Å². The fourth-order valence-electron chi connectivity index (χ4n) is 3.52. The van der Waals surface area contributed by atoms with Gasteiger partial charge < -0.3 is 10.2 Å². The average molecular weight is 238 g/mol. The minimum absolute atomic E-state index is 0.484. The molecule has 0 aromatic rings. The molecule has 2 aliphatic heterocycles. The van der Waals surface area contributed by atoms with Gasteiger partial charge in [0.2, 0.25) is 0 Å². The summed E-state index contributed by atoms with van der Waals surface area (Å²) in [6.07, 6.45) is 8.52. The summed E-state index contributed by atoms with van der Waals surface area (Å²) >= 11 is 0. The highest BCUT2D eigenvalue weighted by Crippen LogP contribution is 2.33. The zero-order chi connectivity index (χ0) is 12.1. The van der Waals surface area contributed by atoms with E-state index < -0.39 is 0 Å². The summed E-state index contributed by atoms with van der Waals surface area (Å²) in [4.78, 5) is 2.72. The molecule has 0 spiro atoms. The number of nitrogens with zero attached hydrogens (tertiary/aromatic N) is 1. The van der Waals surface area contributed by atoms with Crippen molar-refractivity contribution < 1.29 is 0 Å². The predicted octanol–water partition coefficient (Wildman–Crippen LogP) is 2.89. The second-order valence-corrected chi connectivity index (χ2v) is 6.72. The van der Waals surface area contributed by atoms with Crippen molar-refractivity contribution in [3.8, 4) is 0 Å². The van der Waals surface area contributed by atoms with E-state index in [0.717, 1.165) is 5.92 Å². The second-order valence-electron chi connectivity index (χ2n) is 6.72. The lowest BCUT2D eigenvalue weighted by atomic mass is 9.74. The molecule has 1 N–H and O–H groups in total. The maximum Gasteiger partial charge on any atom is 0.00358 e. The van der Waals surface area contributed by atoms with Crippen LogP contribution >= 0.6 is 0 Å². The lowest BCUT2D eigenvalue weighted by Crippen LogP contribution is -2.45. The normalized spacial score (nSPS) is 28.9. The van der Waals surface area contributed by atoms with Crippen LogP contribution in [0.25, 0.3) is 0 Å². The van der Waals surface area contributed by atoms with E-state index in [-0.39, 0.29) is 0 Å². The highest BCUT2D eigenvalue weighted by atomic mass is 15.1. The zero-order valence-corrected chi connectivity index (χ0v) is 11.8. The molecular formula is C15H30N2. The summed E-state index contributed by atoms with van der Waals surface area (Å²) in [6, 6.07) is 0. The molecule has 100 valence electrons. The van der Waals surface area contributed by atoms with Crippen LogP contribution in [0.1, 0.15) is 52.4 Å². The maximum atomic E-state index is 3.57. The van der Waals surface area contributed by atoms with E-state index in [1.807, 2.05) is 0 Å². The molecule has 2 fully saturated rings. The predicted molar refractivity (Wildman–Crippen MR) is 74.3 cm³/mol. The third-order valence-electron chi connectivity index (χ3n) is 4.73. The number of rotatable bonds is 3. The van der Waals surface area contributed by atoms with E-state index in [2.05, 4.69) is 24.1 Å². The van der Waals surface area contributed by atoms with Crippen molar-refractivity contribution in [1.29, 1.82) is 0 Å². The summed E-state index contributed by atoms with van der Waals surface area (Å²) in [7, 11) is 0. The van der Waals surface area contributed by atoms with E-state index in [1.54, 1.807) is 0 Å². The Labute approximate surface area is 107 Å². The Bertz CT molecular complexity index is 211. The van der Waals surface area contributed by atoms with Crippen molar-refractivity contribution in [2.75, 3.05) is 32.7 Å². The number of piperidine rings is 1. The van der Waals surface area contributed by atoms with Gasteiger partial charge in [0, 0.05) is 6.54 Å². The monoisotopic (exact) mass is 238 g/mol. The molecule has 0 bridgehead atoms. The van der Waals surface area contributed by atoms with Crippen molar-refractivity contribution in [2.45, 2.75) is 52.4 Å². The van der Waals surface area contributed by atoms with Gasteiger partial charge >= 0.3 is 0 Å². The van der Waals surface area contributed by atoms with Crippen molar-refractivity contribution in [2.24, 2.45) is 11.3 Å². The van der Waals surface area contributed by atoms with E-state index in [9.17, 15) is 0 Å². The van der Waals surface area contributed by atoms with Crippen LogP contribution in [-0.4, -0.2) is 37.6 Å². The first-order valence-electron chi connectivity index (χ1n) is 7.61. The minimum Gasteiger partial charge on any atom is -0.316 e. The van der Waals surface area contributed by atoms with E-state index in [1.165, 1.54) is 71.2 Å². The number of hydrogen-bond acceptors (Lipinski definition) is 2. The highest BCUT2D eigenvalue weighted by Gasteiger charge is 2.32. The lowest BCUT2D eigenvalue weighted by molar-refractivity contribution is 0.102. The Morgan fingerprint density at radius 2 is 1.76 bits per heavy atom. The lowest BCUT2D eigenvalue weighted by Gasteiger charge is -2.40. The Morgan fingerprint density at radius 1 is 1.06 bits per heavy atom. The topological polar surface area (TPSA) is 15.3 Å². The number of nitrogens with one attached hydrogen (secondary N) is 1. The Hall–Kier alpha value is -0.0800. The van der Waals surface area contributed by atoms with Gasteiger partial charge in [-0.15, -0.1) is 0 Å². The van der Waals surface area contributed by atoms with Crippen LogP contribution in [0.4, 0.5) is 0 Å². The van der Waals surface area contributed by atoms with Crippen LogP contribution in [0.15, 0.2) is 0 Å². The van der Waals surface area contributed by atoms with Crippen LogP contribution in [0.5, 0.6) is 0 Å². The van der Waals surface area contributed by atoms with Gasteiger partial charge in [0.25, 0.3) is 0 Å². The average Bonchev–Trinajstić information content (AvgIpc) is 2.58. The SMILES string of the molecule is CC(C)(CN1CCCCCC1)C1CCCNC1. The molecule has 2 rings (SSSR count). The molecule has 1 atom stereocenters. The van der Waals surface area contributed by atoms with Gasteiger partial charge in [-0.2, -0.15) is 0 Å². The van der Waals surface area contributed by atoms with Gasteiger partial charge in [0.05, 0.1) is 0 Å². The fraction of sp³-hybridized carbons (Fsp3) is 1.00. The van der Waals surface area contributed by atoms with Crippen molar-refractivity contribution in [3.63, 3.8) is 0 Å².